The Hall–Kier alpha value is -1.68. The number of carbonyl (C=O) groups is 2. The molecule has 0 aromatic carbocycles. The van der Waals surface area contributed by atoms with Crippen LogP contribution in [0.15, 0.2) is 0 Å². The van der Waals surface area contributed by atoms with Crippen LogP contribution in [0.2, 0.25) is 0 Å². The standard InChI is InChI=1S/C4H8N2O3.N2/c5-3(7)1-2-4(8)6-9;1-2/h9H,1-2H2,(H2,5,7)(H,6,8);. The molecule has 0 heterocycles. The van der Waals surface area contributed by atoms with Crippen LogP contribution in [0.25, 0.3) is 0 Å². The van der Waals surface area contributed by atoms with Crippen molar-refractivity contribution < 1.29 is 14.8 Å². The second-order valence-electron chi connectivity index (χ2n) is 1.50. The molecular formula is C4H8N4O3. The molecular weight excluding hydrogens is 152 g/mol. The number of nitrogens with one attached hydrogen (secondary N) is 1. The molecule has 7 nitrogen and oxygen atoms in total. The van der Waals surface area contributed by atoms with Gasteiger partial charge in [0.05, 0.1) is 0 Å². The second-order valence-corrected chi connectivity index (χ2v) is 1.50. The molecule has 0 aliphatic rings. The summed E-state index contributed by atoms with van der Waals surface area (Å²) >= 11 is 0. The lowest BCUT2D eigenvalue weighted by Gasteiger charge is -1.92. The smallest absolute Gasteiger partial charge is 0.243 e. The first kappa shape index (κ1) is 12.0. The highest BCUT2D eigenvalue weighted by Gasteiger charge is 2.00. The first-order valence-corrected chi connectivity index (χ1v) is 2.58. The molecule has 0 fully saturated rings. The maximum absolute atomic E-state index is 10.1. The first-order chi connectivity index (χ1) is 5.16. The van der Waals surface area contributed by atoms with Crippen LogP contribution >= 0.6 is 0 Å². The summed E-state index contributed by atoms with van der Waals surface area (Å²) in [5.74, 6) is -1.16. The number of primary amides is 1. The summed E-state index contributed by atoms with van der Waals surface area (Å²) < 4.78 is 0. The summed E-state index contributed by atoms with van der Waals surface area (Å²) in [6.45, 7) is 0. The highest BCUT2D eigenvalue weighted by molar-refractivity contribution is 5.82. The first-order valence-electron chi connectivity index (χ1n) is 2.58. The van der Waals surface area contributed by atoms with Crippen molar-refractivity contribution in [3.05, 3.63) is 0 Å². The van der Waals surface area contributed by atoms with Gasteiger partial charge in [0.1, 0.15) is 0 Å². The van der Waals surface area contributed by atoms with Crippen LogP contribution in [0.1, 0.15) is 12.8 Å². The Morgan fingerprint density at radius 1 is 1.36 bits per heavy atom. The summed E-state index contributed by atoms with van der Waals surface area (Å²) in [5.41, 5.74) is 6.07. The molecule has 4 N–H and O–H groups in total. The van der Waals surface area contributed by atoms with E-state index in [9.17, 15) is 9.59 Å². The van der Waals surface area contributed by atoms with Crippen molar-refractivity contribution in [1.82, 2.24) is 5.48 Å². The van der Waals surface area contributed by atoms with E-state index in [1.54, 1.807) is 0 Å². The lowest BCUT2D eigenvalue weighted by molar-refractivity contribution is -0.131. The van der Waals surface area contributed by atoms with Gasteiger partial charge in [0, 0.05) is 23.6 Å². The largest absolute Gasteiger partial charge is 0.370 e. The Bertz CT molecular complexity index is 155. The van der Waals surface area contributed by atoms with E-state index in [4.69, 9.17) is 21.7 Å². The number of hydroxylamine groups is 1. The van der Waals surface area contributed by atoms with Crippen molar-refractivity contribution in [2.24, 2.45) is 5.73 Å². The fourth-order valence-corrected chi connectivity index (χ4v) is 0.293. The van der Waals surface area contributed by atoms with Crippen molar-refractivity contribution in [2.75, 3.05) is 0 Å². The minimum absolute atomic E-state index is 0.0353. The average Bonchev–Trinajstić information content (AvgIpc) is 2.04. The minimum Gasteiger partial charge on any atom is -0.370 e. The molecule has 0 atom stereocenters. The molecule has 0 unspecified atom stereocenters. The van der Waals surface area contributed by atoms with Crippen LogP contribution in [0.4, 0.5) is 0 Å². The van der Waals surface area contributed by atoms with Crippen LogP contribution in [-0.2, 0) is 9.59 Å². The molecule has 0 aliphatic carbocycles. The molecule has 0 radical (unpaired) electrons. The molecule has 11 heavy (non-hydrogen) atoms. The van der Waals surface area contributed by atoms with Gasteiger partial charge in [-0.2, -0.15) is 0 Å². The number of nitrogens with zero attached hydrogens (tertiary/aromatic N) is 2. The Balaban J connectivity index is 0. The Kier molecular flexibility index (Phi) is 9.11. The highest BCUT2D eigenvalue weighted by atomic mass is 16.5. The summed E-state index contributed by atoms with van der Waals surface area (Å²) in [6.07, 6.45) is -0.0990. The highest BCUT2D eigenvalue weighted by Crippen LogP contribution is 1.84. The van der Waals surface area contributed by atoms with E-state index in [1.165, 1.54) is 5.48 Å². The quantitative estimate of drug-likeness (QED) is 0.270. The number of hydrogen-bond donors (Lipinski definition) is 3. The van der Waals surface area contributed by atoms with Gasteiger partial charge in [0.25, 0.3) is 0 Å². The van der Waals surface area contributed by atoms with E-state index in [1.807, 2.05) is 0 Å². The maximum Gasteiger partial charge on any atom is 0.243 e. The van der Waals surface area contributed by atoms with E-state index in [0.29, 0.717) is 0 Å². The molecule has 62 valence electrons. The SMILES string of the molecule is N#N.NC(=O)CCC(=O)NO. The van der Waals surface area contributed by atoms with Crippen LogP contribution < -0.4 is 11.2 Å². The van der Waals surface area contributed by atoms with Gasteiger partial charge in [0.2, 0.25) is 11.8 Å². The molecule has 2 amide bonds. The second kappa shape index (κ2) is 8.32. The molecule has 0 aromatic rings. The third-order valence-corrected chi connectivity index (χ3v) is 0.723. The van der Waals surface area contributed by atoms with E-state index in [2.05, 4.69) is 0 Å². The van der Waals surface area contributed by atoms with E-state index < -0.39 is 11.8 Å². The van der Waals surface area contributed by atoms with E-state index in [-0.39, 0.29) is 12.8 Å². The Labute approximate surface area is 62.6 Å². The number of carbonyl (C=O) groups excluding carboxylic acids is 2. The molecule has 0 aliphatic heterocycles. The predicted octanol–water partition coefficient (Wildman–Crippen LogP) is -1.21. The van der Waals surface area contributed by atoms with Crippen LogP contribution in [0.5, 0.6) is 0 Å². The monoisotopic (exact) mass is 160 g/mol. The van der Waals surface area contributed by atoms with Crippen molar-refractivity contribution >= 4 is 11.8 Å². The van der Waals surface area contributed by atoms with Gasteiger partial charge in [-0.05, 0) is 0 Å². The number of nitrogens with two attached hydrogens (primary N) is 1. The molecule has 0 bridgehead atoms. The van der Waals surface area contributed by atoms with Gasteiger partial charge < -0.3 is 5.73 Å². The molecule has 7 heteroatoms. The molecule has 0 aromatic heterocycles. The normalized spacial score (nSPS) is 7.18. The zero-order valence-electron chi connectivity index (χ0n) is 5.65. The average molecular weight is 160 g/mol. The van der Waals surface area contributed by atoms with Gasteiger partial charge in [-0.15, -0.1) is 0 Å². The third kappa shape index (κ3) is 11.7. The van der Waals surface area contributed by atoms with Gasteiger partial charge in [-0.1, -0.05) is 0 Å². The van der Waals surface area contributed by atoms with Crippen molar-refractivity contribution in [3.63, 3.8) is 0 Å². The zero-order valence-corrected chi connectivity index (χ0v) is 5.65. The van der Waals surface area contributed by atoms with Gasteiger partial charge in [-0.25, -0.2) is 5.48 Å². The van der Waals surface area contributed by atoms with Crippen molar-refractivity contribution in [1.29, 1.82) is 10.8 Å². The molecule has 0 rings (SSSR count). The lowest BCUT2D eigenvalue weighted by Crippen LogP contribution is -2.21. The Morgan fingerprint density at radius 3 is 2.09 bits per heavy atom. The summed E-state index contributed by atoms with van der Waals surface area (Å²) in [4.78, 5) is 20.1. The fraction of sp³-hybridized carbons (Fsp3) is 0.500. The van der Waals surface area contributed by atoms with Crippen molar-refractivity contribution in [3.8, 4) is 0 Å². The Morgan fingerprint density at radius 2 is 1.82 bits per heavy atom. The summed E-state index contributed by atoms with van der Waals surface area (Å²) in [7, 11) is 0. The van der Waals surface area contributed by atoms with Crippen LogP contribution in [-0.4, -0.2) is 17.0 Å². The van der Waals surface area contributed by atoms with E-state index in [0.717, 1.165) is 0 Å². The fourth-order valence-electron chi connectivity index (χ4n) is 0.293. The van der Waals surface area contributed by atoms with Crippen LogP contribution in [0.3, 0.4) is 0 Å². The summed E-state index contributed by atoms with van der Waals surface area (Å²) in [5, 5.41) is 19.9. The molecule has 0 saturated heterocycles. The zero-order chi connectivity index (χ0) is 9.28. The number of rotatable bonds is 3. The number of amides is 2. The predicted molar refractivity (Wildman–Crippen MR) is 31.8 cm³/mol. The van der Waals surface area contributed by atoms with Gasteiger partial charge in [-0.3, -0.25) is 14.8 Å². The minimum atomic E-state index is -0.603. The van der Waals surface area contributed by atoms with Gasteiger partial charge in [0.15, 0.2) is 0 Å². The van der Waals surface area contributed by atoms with Crippen molar-refractivity contribution in [2.45, 2.75) is 12.8 Å². The maximum atomic E-state index is 10.1. The lowest BCUT2D eigenvalue weighted by atomic mass is 10.3. The topological polar surface area (TPSA) is 140 Å². The van der Waals surface area contributed by atoms with Gasteiger partial charge >= 0.3 is 0 Å². The van der Waals surface area contributed by atoms with E-state index >= 15 is 0 Å². The summed E-state index contributed by atoms with van der Waals surface area (Å²) in [6, 6.07) is 0. The third-order valence-electron chi connectivity index (χ3n) is 0.723. The molecule has 0 saturated carbocycles. The van der Waals surface area contributed by atoms with Crippen LogP contribution in [0, 0.1) is 10.8 Å². The molecule has 0 spiro atoms. The number of hydrogen-bond acceptors (Lipinski definition) is 5.